The molecule has 0 amide bonds. The van der Waals surface area contributed by atoms with Crippen molar-refractivity contribution in [2.45, 2.75) is 36.8 Å². The van der Waals surface area contributed by atoms with Crippen molar-refractivity contribution >= 4 is 11.8 Å². The van der Waals surface area contributed by atoms with Gasteiger partial charge in [0.2, 0.25) is 0 Å². The molecule has 1 heterocycles. The molecule has 0 bridgehead atoms. The molecule has 2 aromatic rings. The predicted octanol–water partition coefficient (Wildman–Crippen LogP) is 2.69. The maximum Gasteiger partial charge on any atom is 0.168 e. The Bertz CT molecular complexity index is 592. The molecule has 1 aliphatic rings. The second kappa shape index (κ2) is 5.39. The number of aliphatic hydroxyl groups excluding tert-OH is 1. The Kier molecular flexibility index (Phi) is 3.62. The van der Waals surface area contributed by atoms with Crippen LogP contribution in [0.1, 0.15) is 28.8 Å². The van der Waals surface area contributed by atoms with Crippen molar-refractivity contribution in [2.24, 2.45) is 7.05 Å². The van der Waals surface area contributed by atoms with Gasteiger partial charge in [-0.15, -0.1) is 0 Å². The van der Waals surface area contributed by atoms with Crippen LogP contribution >= 0.6 is 11.8 Å². The van der Waals surface area contributed by atoms with Crippen LogP contribution in [0.5, 0.6) is 0 Å². The Balaban J connectivity index is 1.70. The van der Waals surface area contributed by atoms with E-state index in [0.717, 1.165) is 16.6 Å². The summed E-state index contributed by atoms with van der Waals surface area (Å²) in [6.07, 6.45) is 5.50. The molecule has 0 unspecified atom stereocenters. The van der Waals surface area contributed by atoms with Gasteiger partial charge in [0, 0.05) is 12.8 Å². The zero-order chi connectivity index (χ0) is 13.2. The van der Waals surface area contributed by atoms with E-state index < -0.39 is 0 Å². The van der Waals surface area contributed by atoms with Gasteiger partial charge in [-0.05, 0) is 36.0 Å². The standard InChI is InChI=1S/C15H18N2OS/c1-17-14(9-18)8-16-15(17)19-10-11-5-6-12-3-2-4-13(12)7-11/h5-8,18H,2-4,9-10H2,1H3. The molecule has 19 heavy (non-hydrogen) atoms. The molecule has 3 nitrogen and oxygen atoms in total. The monoisotopic (exact) mass is 274 g/mol. The molecule has 1 N–H and O–H groups in total. The molecule has 0 spiro atoms. The summed E-state index contributed by atoms with van der Waals surface area (Å²) in [5.41, 5.74) is 5.26. The van der Waals surface area contributed by atoms with Crippen LogP contribution in [0, 0.1) is 0 Å². The molecule has 3 rings (SSSR count). The molecule has 0 aliphatic heterocycles. The molecule has 0 atom stereocenters. The minimum absolute atomic E-state index is 0.0445. The lowest BCUT2D eigenvalue weighted by Gasteiger charge is -2.06. The zero-order valence-corrected chi connectivity index (χ0v) is 11.9. The van der Waals surface area contributed by atoms with Crippen molar-refractivity contribution in [3.05, 3.63) is 46.8 Å². The molecule has 1 aromatic carbocycles. The highest BCUT2D eigenvalue weighted by Crippen LogP contribution is 2.27. The van der Waals surface area contributed by atoms with E-state index >= 15 is 0 Å². The van der Waals surface area contributed by atoms with Gasteiger partial charge in [-0.25, -0.2) is 4.98 Å². The fourth-order valence-electron chi connectivity index (χ4n) is 2.57. The van der Waals surface area contributed by atoms with E-state index in [4.69, 9.17) is 5.11 Å². The van der Waals surface area contributed by atoms with Crippen molar-refractivity contribution in [2.75, 3.05) is 0 Å². The smallest absolute Gasteiger partial charge is 0.168 e. The van der Waals surface area contributed by atoms with E-state index in [2.05, 4.69) is 23.2 Å². The Morgan fingerprint density at radius 3 is 2.95 bits per heavy atom. The first-order valence-electron chi connectivity index (χ1n) is 6.63. The van der Waals surface area contributed by atoms with Gasteiger partial charge >= 0.3 is 0 Å². The maximum atomic E-state index is 9.15. The maximum absolute atomic E-state index is 9.15. The SMILES string of the molecule is Cn1c(CO)cnc1SCc1ccc2c(c1)CCC2. The number of rotatable bonds is 4. The minimum atomic E-state index is 0.0445. The molecule has 4 heteroatoms. The fourth-order valence-corrected chi connectivity index (χ4v) is 3.48. The van der Waals surface area contributed by atoms with Crippen molar-refractivity contribution in [1.29, 1.82) is 0 Å². The average molecular weight is 274 g/mol. The molecule has 0 fully saturated rings. The van der Waals surface area contributed by atoms with Crippen LogP contribution in [0.4, 0.5) is 0 Å². The first-order chi connectivity index (χ1) is 9.28. The number of aliphatic hydroxyl groups is 1. The Labute approximate surface area is 117 Å². The van der Waals surface area contributed by atoms with Crippen molar-refractivity contribution in [1.82, 2.24) is 9.55 Å². The largest absolute Gasteiger partial charge is 0.390 e. The van der Waals surface area contributed by atoms with Crippen LogP contribution in [0.3, 0.4) is 0 Å². The summed E-state index contributed by atoms with van der Waals surface area (Å²) in [4.78, 5) is 4.34. The molecule has 1 aromatic heterocycles. The van der Waals surface area contributed by atoms with Gasteiger partial charge in [-0.1, -0.05) is 30.0 Å². The second-order valence-electron chi connectivity index (χ2n) is 4.99. The Hall–Kier alpha value is -1.26. The summed E-state index contributed by atoms with van der Waals surface area (Å²) in [5, 5.41) is 10.1. The highest BCUT2D eigenvalue weighted by molar-refractivity contribution is 7.98. The van der Waals surface area contributed by atoms with Gasteiger partial charge in [0.25, 0.3) is 0 Å². The van der Waals surface area contributed by atoms with E-state index in [1.54, 1.807) is 18.0 Å². The van der Waals surface area contributed by atoms with Crippen molar-refractivity contribution in [3.8, 4) is 0 Å². The first kappa shape index (κ1) is 12.8. The van der Waals surface area contributed by atoms with Crippen LogP contribution in [-0.4, -0.2) is 14.7 Å². The van der Waals surface area contributed by atoms with Crippen molar-refractivity contribution in [3.63, 3.8) is 0 Å². The zero-order valence-electron chi connectivity index (χ0n) is 11.1. The summed E-state index contributed by atoms with van der Waals surface area (Å²) in [6, 6.07) is 6.84. The highest BCUT2D eigenvalue weighted by Gasteiger charge is 2.11. The van der Waals surface area contributed by atoms with Gasteiger partial charge in [-0.2, -0.15) is 0 Å². The number of hydrogen-bond acceptors (Lipinski definition) is 3. The summed E-state index contributed by atoms with van der Waals surface area (Å²) in [5.74, 6) is 0.934. The third-order valence-corrected chi connectivity index (χ3v) is 4.85. The van der Waals surface area contributed by atoms with Gasteiger partial charge in [0.15, 0.2) is 5.16 Å². The number of benzene rings is 1. The number of imidazole rings is 1. The van der Waals surface area contributed by atoms with E-state index in [0.29, 0.717) is 0 Å². The Morgan fingerprint density at radius 2 is 2.16 bits per heavy atom. The van der Waals surface area contributed by atoms with Gasteiger partial charge in [-0.3, -0.25) is 0 Å². The first-order valence-corrected chi connectivity index (χ1v) is 7.61. The topological polar surface area (TPSA) is 38.0 Å². The molecule has 0 saturated carbocycles. The number of aromatic nitrogens is 2. The van der Waals surface area contributed by atoms with Crippen LogP contribution in [0.15, 0.2) is 29.6 Å². The average Bonchev–Trinajstić information content (AvgIpc) is 3.02. The molecule has 0 radical (unpaired) electrons. The molecular formula is C15H18N2OS. The molecular weight excluding hydrogens is 256 g/mol. The summed E-state index contributed by atoms with van der Waals surface area (Å²) in [6.45, 7) is 0.0445. The lowest BCUT2D eigenvalue weighted by molar-refractivity contribution is 0.271. The number of nitrogens with zero attached hydrogens (tertiary/aromatic N) is 2. The second-order valence-corrected chi connectivity index (χ2v) is 5.94. The summed E-state index contributed by atoms with van der Waals surface area (Å²) >= 11 is 1.72. The highest BCUT2D eigenvalue weighted by atomic mass is 32.2. The number of fused-ring (bicyclic) bond motifs is 1. The Morgan fingerprint density at radius 1 is 1.32 bits per heavy atom. The predicted molar refractivity (Wildman–Crippen MR) is 77.2 cm³/mol. The normalized spacial score (nSPS) is 13.8. The lowest BCUT2D eigenvalue weighted by Crippen LogP contribution is -1.97. The third kappa shape index (κ3) is 2.55. The van der Waals surface area contributed by atoms with Crippen LogP contribution in [-0.2, 0) is 32.2 Å². The van der Waals surface area contributed by atoms with Crippen LogP contribution < -0.4 is 0 Å². The summed E-state index contributed by atoms with van der Waals surface area (Å²) in [7, 11) is 1.95. The van der Waals surface area contributed by atoms with E-state index in [-0.39, 0.29) is 6.61 Å². The van der Waals surface area contributed by atoms with Gasteiger partial charge in [0.1, 0.15) is 0 Å². The number of thioether (sulfide) groups is 1. The van der Waals surface area contributed by atoms with Crippen LogP contribution in [0.2, 0.25) is 0 Å². The summed E-state index contributed by atoms with van der Waals surface area (Å²) < 4.78 is 1.96. The third-order valence-electron chi connectivity index (χ3n) is 3.73. The quantitative estimate of drug-likeness (QED) is 0.871. The molecule has 0 saturated heterocycles. The molecule has 1 aliphatic carbocycles. The van der Waals surface area contributed by atoms with E-state index in [9.17, 15) is 0 Å². The van der Waals surface area contributed by atoms with Crippen LogP contribution in [0.25, 0.3) is 0 Å². The lowest BCUT2D eigenvalue weighted by atomic mass is 10.1. The van der Waals surface area contributed by atoms with E-state index in [1.165, 1.54) is 36.0 Å². The van der Waals surface area contributed by atoms with Gasteiger partial charge in [0.05, 0.1) is 18.5 Å². The number of hydrogen-bond donors (Lipinski definition) is 1. The van der Waals surface area contributed by atoms with Gasteiger partial charge < -0.3 is 9.67 Å². The van der Waals surface area contributed by atoms with Crippen molar-refractivity contribution < 1.29 is 5.11 Å². The minimum Gasteiger partial charge on any atom is -0.390 e. The van der Waals surface area contributed by atoms with E-state index in [1.807, 2.05) is 11.6 Å². The molecule has 100 valence electrons. The number of aryl methyl sites for hydroxylation is 2. The fraction of sp³-hybridized carbons (Fsp3) is 0.400.